The molecule has 0 aromatic rings. The Kier molecular flexibility index (Phi) is 5.35. The van der Waals surface area contributed by atoms with Crippen molar-refractivity contribution in [2.24, 2.45) is 0 Å². The largest absolute Gasteiger partial charge is 0.392 e. The predicted octanol–water partition coefficient (Wildman–Crippen LogP) is 0.870. The molecule has 1 atom stereocenters. The number of nitrogens with zero attached hydrogens (tertiary/aromatic N) is 1. The van der Waals surface area contributed by atoms with Crippen LogP contribution in [0.4, 0.5) is 0 Å². The smallest absolute Gasteiger partial charge is 0.0667 e. The van der Waals surface area contributed by atoms with Crippen LogP contribution in [0.5, 0.6) is 0 Å². The average Bonchev–Trinajstić information content (AvgIpc) is 2.13. The van der Waals surface area contributed by atoms with E-state index in [2.05, 4.69) is 4.90 Å². The van der Waals surface area contributed by atoms with E-state index in [1.54, 1.807) is 0 Å². The van der Waals surface area contributed by atoms with Crippen LogP contribution in [-0.4, -0.2) is 49.0 Å². The predicted molar refractivity (Wildman–Crippen MR) is 52.8 cm³/mol. The van der Waals surface area contributed by atoms with E-state index in [-0.39, 0.29) is 6.10 Å². The summed E-state index contributed by atoms with van der Waals surface area (Å²) < 4.78 is 5.26. The van der Waals surface area contributed by atoms with Crippen LogP contribution in [0, 0.1) is 0 Å². The minimum absolute atomic E-state index is 0.0964. The number of hydrogen-bond acceptors (Lipinski definition) is 3. The van der Waals surface area contributed by atoms with Gasteiger partial charge in [0, 0.05) is 26.3 Å². The summed E-state index contributed by atoms with van der Waals surface area (Å²) in [6.45, 7) is 6.74. The van der Waals surface area contributed by atoms with Gasteiger partial charge in [0.25, 0.3) is 0 Å². The van der Waals surface area contributed by atoms with Gasteiger partial charge in [0.1, 0.15) is 0 Å². The van der Waals surface area contributed by atoms with Crippen molar-refractivity contribution in [1.82, 2.24) is 4.90 Å². The molecule has 1 aliphatic heterocycles. The summed E-state index contributed by atoms with van der Waals surface area (Å²) in [5.41, 5.74) is 0. The van der Waals surface area contributed by atoms with E-state index in [0.717, 1.165) is 52.1 Å². The molecule has 1 aliphatic rings. The molecule has 3 heteroatoms. The Bertz CT molecular complexity index is 130. The fraction of sp³-hybridized carbons (Fsp3) is 1.00. The molecule has 1 saturated heterocycles. The third-order valence-corrected chi connectivity index (χ3v) is 2.45. The number of aliphatic hydroxyl groups is 1. The van der Waals surface area contributed by atoms with Gasteiger partial charge >= 0.3 is 0 Å². The third kappa shape index (κ3) is 4.60. The molecule has 0 aromatic heterocycles. The Balaban J connectivity index is 2.00. The van der Waals surface area contributed by atoms with Gasteiger partial charge in [-0.3, -0.25) is 0 Å². The first-order valence-corrected chi connectivity index (χ1v) is 5.31. The second kappa shape index (κ2) is 6.35. The molecule has 13 heavy (non-hydrogen) atoms. The molecular formula is C10H21NO2. The van der Waals surface area contributed by atoms with Crippen LogP contribution in [0.25, 0.3) is 0 Å². The van der Waals surface area contributed by atoms with Crippen LogP contribution >= 0.6 is 0 Å². The molecule has 0 aromatic carbocycles. The summed E-state index contributed by atoms with van der Waals surface area (Å²) in [5, 5.41) is 9.41. The SMILES string of the molecule is CCOCCCN1CCCC(O)C1. The average molecular weight is 187 g/mol. The van der Waals surface area contributed by atoms with Crippen molar-refractivity contribution in [3.8, 4) is 0 Å². The molecule has 1 heterocycles. The standard InChI is InChI=1S/C10H21NO2/c1-2-13-8-4-7-11-6-3-5-10(12)9-11/h10,12H,2-9H2,1H3. The van der Waals surface area contributed by atoms with E-state index in [1.165, 1.54) is 0 Å². The lowest BCUT2D eigenvalue weighted by atomic mass is 10.1. The molecule has 0 amide bonds. The zero-order valence-electron chi connectivity index (χ0n) is 8.54. The Morgan fingerprint density at radius 3 is 3.08 bits per heavy atom. The van der Waals surface area contributed by atoms with Gasteiger partial charge in [-0.05, 0) is 32.7 Å². The van der Waals surface area contributed by atoms with Crippen molar-refractivity contribution in [2.75, 3.05) is 32.8 Å². The van der Waals surface area contributed by atoms with E-state index in [9.17, 15) is 5.11 Å². The first kappa shape index (κ1) is 11.0. The van der Waals surface area contributed by atoms with Crippen molar-refractivity contribution >= 4 is 0 Å². The molecule has 78 valence electrons. The number of rotatable bonds is 5. The highest BCUT2D eigenvalue weighted by atomic mass is 16.5. The molecule has 0 spiro atoms. The van der Waals surface area contributed by atoms with E-state index >= 15 is 0 Å². The highest BCUT2D eigenvalue weighted by Gasteiger charge is 2.16. The van der Waals surface area contributed by atoms with Crippen molar-refractivity contribution in [2.45, 2.75) is 32.3 Å². The molecule has 0 saturated carbocycles. The summed E-state index contributed by atoms with van der Waals surface area (Å²) in [6.07, 6.45) is 3.10. The number of piperidine rings is 1. The molecule has 1 unspecified atom stereocenters. The molecule has 0 aliphatic carbocycles. The molecule has 1 fully saturated rings. The quantitative estimate of drug-likeness (QED) is 0.648. The van der Waals surface area contributed by atoms with Gasteiger partial charge in [-0.1, -0.05) is 0 Å². The lowest BCUT2D eigenvalue weighted by Gasteiger charge is -2.29. The number of aliphatic hydroxyl groups excluding tert-OH is 1. The molecule has 1 N–H and O–H groups in total. The number of ether oxygens (including phenoxy) is 1. The Morgan fingerprint density at radius 1 is 1.54 bits per heavy atom. The molecule has 0 radical (unpaired) electrons. The number of likely N-dealkylation sites (tertiary alicyclic amines) is 1. The first-order chi connectivity index (χ1) is 6.33. The zero-order chi connectivity index (χ0) is 9.52. The normalized spacial score (nSPS) is 24.9. The Labute approximate surface area is 80.7 Å². The summed E-state index contributed by atoms with van der Waals surface area (Å²) >= 11 is 0. The van der Waals surface area contributed by atoms with Crippen molar-refractivity contribution in [3.63, 3.8) is 0 Å². The second-order valence-corrected chi connectivity index (χ2v) is 3.65. The third-order valence-electron chi connectivity index (χ3n) is 2.45. The van der Waals surface area contributed by atoms with Crippen LogP contribution in [0.2, 0.25) is 0 Å². The molecular weight excluding hydrogens is 166 g/mol. The van der Waals surface area contributed by atoms with Gasteiger partial charge in [0.05, 0.1) is 6.10 Å². The highest BCUT2D eigenvalue weighted by molar-refractivity contribution is 4.71. The summed E-state index contributed by atoms with van der Waals surface area (Å²) in [5.74, 6) is 0. The van der Waals surface area contributed by atoms with E-state index in [0.29, 0.717) is 0 Å². The van der Waals surface area contributed by atoms with Gasteiger partial charge in [-0.2, -0.15) is 0 Å². The maximum absolute atomic E-state index is 9.41. The molecule has 1 rings (SSSR count). The summed E-state index contributed by atoms with van der Waals surface area (Å²) in [4.78, 5) is 2.33. The zero-order valence-corrected chi connectivity index (χ0v) is 8.54. The van der Waals surface area contributed by atoms with Crippen LogP contribution in [0.1, 0.15) is 26.2 Å². The number of hydrogen-bond donors (Lipinski definition) is 1. The van der Waals surface area contributed by atoms with Gasteiger partial charge in [-0.15, -0.1) is 0 Å². The molecule has 3 nitrogen and oxygen atoms in total. The minimum Gasteiger partial charge on any atom is -0.392 e. The van der Waals surface area contributed by atoms with Crippen molar-refractivity contribution < 1.29 is 9.84 Å². The fourth-order valence-corrected chi connectivity index (χ4v) is 1.77. The van der Waals surface area contributed by atoms with Crippen LogP contribution in [0.3, 0.4) is 0 Å². The topological polar surface area (TPSA) is 32.7 Å². The Hall–Kier alpha value is -0.120. The van der Waals surface area contributed by atoms with Crippen LogP contribution < -0.4 is 0 Å². The lowest BCUT2D eigenvalue weighted by molar-refractivity contribution is 0.0620. The monoisotopic (exact) mass is 187 g/mol. The van der Waals surface area contributed by atoms with Crippen molar-refractivity contribution in [3.05, 3.63) is 0 Å². The van der Waals surface area contributed by atoms with E-state index in [1.807, 2.05) is 6.92 Å². The van der Waals surface area contributed by atoms with Crippen molar-refractivity contribution in [1.29, 1.82) is 0 Å². The second-order valence-electron chi connectivity index (χ2n) is 3.65. The maximum atomic E-state index is 9.41. The van der Waals surface area contributed by atoms with Gasteiger partial charge in [0.15, 0.2) is 0 Å². The summed E-state index contributed by atoms with van der Waals surface area (Å²) in [7, 11) is 0. The Morgan fingerprint density at radius 2 is 2.38 bits per heavy atom. The summed E-state index contributed by atoms with van der Waals surface area (Å²) in [6, 6.07) is 0. The highest BCUT2D eigenvalue weighted by Crippen LogP contribution is 2.09. The minimum atomic E-state index is -0.0964. The maximum Gasteiger partial charge on any atom is 0.0667 e. The van der Waals surface area contributed by atoms with Crippen LogP contribution in [0.15, 0.2) is 0 Å². The van der Waals surface area contributed by atoms with Gasteiger partial charge in [0.2, 0.25) is 0 Å². The lowest BCUT2D eigenvalue weighted by Crippen LogP contribution is -2.38. The van der Waals surface area contributed by atoms with E-state index < -0.39 is 0 Å². The van der Waals surface area contributed by atoms with Gasteiger partial charge in [-0.25, -0.2) is 0 Å². The van der Waals surface area contributed by atoms with E-state index in [4.69, 9.17) is 4.74 Å². The first-order valence-electron chi connectivity index (χ1n) is 5.31. The van der Waals surface area contributed by atoms with Gasteiger partial charge < -0.3 is 14.7 Å². The fourth-order valence-electron chi connectivity index (χ4n) is 1.77. The number of β-amino-alcohol motifs (C(OH)–C–C–N with tert-alkyl or cyclic N) is 1. The van der Waals surface area contributed by atoms with Crippen LogP contribution in [-0.2, 0) is 4.74 Å². The molecule has 0 bridgehead atoms.